The van der Waals surface area contributed by atoms with Crippen LogP contribution in [-0.4, -0.2) is 19.1 Å². The molecule has 0 radical (unpaired) electrons. The highest BCUT2D eigenvalue weighted by Crippen LogP contribution is 2.35. The maximum atomic E-state index is 11.8. The van der Waals surface area contributed by atoms with E-state index in [0.717, 1.165) is 42.5 Å². The van der Waals surface area contributed by atoms with E-state index < -0.39 is 0 Å². The quantitative estimate of drug-likeness (QED) is 0.826. The molecule has 0 bridgehead atoms. The first-order valence-electron chi connectivity index (χ1n) is 7.09. The first-order chi connectivity index (χ1) is 9.28. The standard InChI is InChI=1S/C15H20N2O2/c1-2-16-14-12-6-5-11(9-13(12)17-15(14)18)19-8-7-10-3-4-10/h5-6,9-10,14,16H,2-4,7-8H2,1H3,(H,17,18). The lowest BCUT2D eigenvalue weighted by atomic mass is 10.1. The molecule has 1 aromatic carbocycles. The maximum Gasteiger partial charge on any atom is 0.246 e. The molecule has 4 nitrogen and oxygen atoms in total. The van der Waals surface area contributed by atoms with Crippen molar-refractivity contribution in [3.63, 3.8) is 0 Å². The molecule has 1 aliphatic heterocycles. The smallest absolute Gasteiger partial charge is 0.246 e. The van der Waals surface area contributed by atoms with E-state index in [1.807, 2.05) is 25.1 Å². The van der Waals surface area contributed by atoms with Crippen molar-refractivity contribution in [2.24, 2.45) is 5.92 Å². The number of amides is 1. The van der Waals surface area contributed by atoms with Crippen LogP contribution in [0.1, 0.15) is 37.8 Å². The summed E-state index contributed by atoms with van der Waals surface area (Å²) in [5, 5.41) is 6.09. The molecule has 102 valence electrons. The van der Waals surface area contributed by atoms with Crippen LogP contribution in [0.4, 0.5) is 5.69 Å². The summed E-state index contributed by atoms with van der Waals surface area (Å²) in [5.74, 6) is 1.75. The van der Waals surface area contributed by atoms with Crippen molar-refractivity contribution in [1.82, 2.24) is 5.32 Å². The molecule has 1 heterocycles. The van der Waals surface area contributed by atoms with Crippen LogP contribution < -0.4 is 15.4 Å². The SMILES string of the molecule is CCNC1C(=O)Nc2cc(OCCC3CC3)ccc21. The van der Waals surface area contributed by atoms with Gasteiger partial charge < -0.3 is 15.4 Å². The average molecular weight is 260 g/mol. The highest BCUT2D eigenvalue weighted by molar-refractivity contribution is 6.02. The summed E-state index contributed by atoms with van der Waals surface area (Å²) in [5.41, 5.74) is 1.89. The Kier molecular flexibility index (Phi) is 3.42. The molecule has 1 aromatic rings. The number of hydrogen-bond acceptors (Lipinski definition) is 3. The highest BCUT2D eigenvalue weighted by atomic mass is 16.5. The van der Waals surface area contributed by atoms with Gasteiger partial charge in [-0.2, -0.15) is 0 Å². The van der Waals surface area contributed by atoms with Crippen LogP contribution in [0.15, 0.2) is 18.2 Å². The monoisotopic (exact) mass is 260 g/mol. The number of benzene rings is 1. The van der Waals surface area contributed by atoms with Crippen molar-refractivity contribution in [2.45, 2.75) is 32.2 Å². The Morgan fingerprint density at radius 1 is 1.42 bits per heavy atom. The van der Waals surface area contributed by atoms with Gasteiger partial charge in [0.25, 0.3) is 0 Å². The van der Waals surface area contributed by atoms with E-state index in [1.54, 1.807) is 0 Å². The molecule has 19 heavy (non-hydrogen) atoms. The van der Waals surface area contributed by atoms with Crippen LogP contribution >= 0.6 is 0 Å². The second-order valence-electron chi connectivity index (χ2n) is 5.31. The summed E-state index contributed by atoms with van der Waals surface area (Å²) in [6.45, 7) is 3.55. The van der Waals surface area contributed by atoms with Gasteiger partial charge in [0.2, 0.25) is 5.91 Å². The number of rotatable bonds is 6. The number of likely N-dealkylation sites (N-methyl/N-ethyl adjacent to an activating group) is 1. The van der Waals surface area contributed by atoms with Gasteiger partial charge in [0.1, 0.15) is 11.8 Å². The number of hydrogen-bond donors (Lipinski definition) is 2. The topological polar surface area (TPSA) is 50.4 Å². The second-order valence-corrected chi connectivity index (χ2v) is 5.31. The first-order valence-corrected chi connectivity index (χ1v) is 7.09. The number of nitrogens with one attached hydrogen (secondary N) is 2. The summed E-state index contributed by atoms with van der Waals surface area (Å²) in [6.07, 6.45) is 3.85. The van der Waals surface area contributed by atoms with E-state index in [1.165, 1.54) is 12.8 Å². The molecule has 1 aliphatic carbocycles. The van der Waals surface area contributed by atoms with Crippen LogP contribution in [0.5, 0.6) is 5.75 Å². The molecule has 1 saturated carbocycles. The number of carbonyl (C=O) groups excluding carboxylic acids is 1. The van der Waals surface area contributed by atoms with Gasteiger partial charge in [0.05, 0.1) is 6.61 Å². The molecule has 2 aliphatic rings. The Labute approximate surface area is 113 Å². The average Bonchev–Trinajstić information content (AvgIpc) is 3.16. The number of fused-ring (bicyclic) bond motifs is 1. The maximum absolute atomic E-state index is 11.8. The lowest BCUT2D eigenvalue weighted by Crippen LogP contribution is -2.27. The fourth-order valence-corrected chi connectivity index (χ4v) is 2.49. The summed E-state index contributed by atoms with van der Waals surface area (Å²) in [6, 6.07) is 5.64. The zero-order valence-corrected chi connectivity index (χ0v) is 11.2. The lowest BCUT2D eigenvalue weighted by molar-refractivity contribution is -0.117. The van der Waals surface area contributed by atoms with Crippen molar-refractivity contribution >= 4 is 11.6 Å². The van der Waals surface area contributed by atoms with Crippen molar-refractivity contribution in [3.05, 3.63) is 23.8 Å². The minimum Gasteiger partial charge on any atom is -0.494 e. The van der Waals surface area contributed by atoms with Gasteiger partial charge in [-0.1, -0.05) is 25.8 Å². The van der Waals surface area contributed by atoms with E-state index in [0.29, 0.717) is 0 Å². The molecule has 1 atom stereocenters. The van der Waals surface area contributed by atoms with E-state index in [4.69, 9.17) is 4.74 Å². The number of anilines is 1. The third-order valence-electron chi connectivity index (χ3n) is 3.76. The zero-order valence-electron chi connectivity index (χ0n) is 11.2. The molecule has 1 unspecified atom stereocenters. The Balaban J connectivity index is 1.66. The molecule has 0 saturated heterocycles. The molecular weight excluding hydrogens is 240 g/mol. The molecule has 1 fully saturated rings. The van der Waals surface area contributed by atoms with E-state index in [2.05, 4.69) is 10.6 Å². The van der Waals surface area contributed by atoms with Crippen molar-refractivity contribution in [1.29, 1.82) is 0 Å². The summed E-state index contributed by atoms with van der Waals surface area (Å²) >= 11 is 0. The summed E-state index contributed by atoms with van der Waals surface area (Å²) in [4.78, 5) is 11.8. The Hall–Kier alpha value is -1.55. The van der Waals surface area contributed by atoms with Gasteiger partial charge in [-0.25, -0.2) is 0 Å². The predicted octanol–water partition coefficient (Wildman–Crippen LogP) is 2.47. The minimum absolute atomic E-state index is 0.0204. The van der Waals surface area contributed by atoms with Crippen LogP contribution in [0.25, 0.3) is 0 Å². The van der Waals surface area contributed by atoms with E-state index >= 15 is 0 Å². The third-order valence-corrected chi connectivity index (χ3v) is 3.76. The van der Waals surface area contributed by atoms with Gasteiger partial charge in [-0.05, 0) is 24.9 Å². The summed E-state index contributed by atoms with van der Waals surface area (Å²) in [7, 11) is 0. The van der Waals surface area contributed by atoms with E-state index in [9.17, 15) is 4.79 Å². The predicted molar refractivity (Wildman–Crippen MR) is 74.3 cm³/mol. The fraction of sp³-hybridized carbons (Fsp3) is 0.533. The first kappa shape index (κ1) is 12.5. The Morgan fingerprint density at radius 2 is 2.26 bits per heavy atom. The molecule has 2 N–H and O–H groups in total. The van der Waals surface area contributed by atoms with Crippen LogP contribution in [0.2, 0.25) is 0 Å². The molecule has 0 aromatic heterocycles. The largest absolute Gasteiger partial charge is 0.494 e. The number of carbonyl (C=O) groups is 1. The third kappa shape index (κ3) is 2.73. The number of ether oxygens (including phenoxy) is 1. The fourth-order valence-electron chi connectivity index (χ4n) is 2.49. The minimum atomic E-state index is -0.222. The van der Waals surface area contributed by atoms with Gasteiger partial charge in [0.15, 0.2) is 0 Å². The second kappa shape index (κ2) is 5.21. The molecular formula is C15H20N2O2. The summed E-state index contributed by atoms with van der Waals surface area (Å²) < 4.78 is 5.74. The normalized spacial score (nSPS) is 21.1. The molecule has 4 heteroatoms. The van der Waals surface area contributed by atoms with Crippen molar-refractivity contribution in [2.75, 3.05) is 18.5 Å². The Morgan fingerprint density at radius 3 is 3.00 bits per heavy atom. The van der Waals surface area contributed by atoms with E-state index in [-0.39, 0.29) is 11.9 Å². The van der Waals surface area contributed by atoms with Gasteiger partial charge >= 0.3 is 0 Å². The van der Waals surface area contributed by atoms with Crippen molar-refractivity contribution in [3.8, 4) is 5.75 Å². The molecule has 0 spiro atoms. The van der Waals surface area contributed by atoms with Gasteiger partial charge in [-0.15, -0.1) is 0 Å². The Bertz CT molecular complexity index is 483. The van der Waals surface area contributed by atoms with Crippen molar-refractivity contribution < 1.29 is 9.53 Å². The van der Waals surface area contributed by atoms with Gasteiger partial charge in [0, 0.05) is 17.3 Å². The van der Waals surface area contributed by atoms with Crippen LogP contribution in [0.3, 0.4) is 0 Å². The zero-order chi connectivity index (χ0) is 13.2. The lowest BCUT2D eigenvalue weighted by Gasteiger charge is -2.10. The highest BCUT2D eigenvalue weighted by Gasteiger charge is 2.29. The molecule has 3 rings (SSSR count). The van der Waals surface area contributed by atoms with Gasteiger partial charge in [-0.3, -0.25) is 4.79 Å². The van der Waals surface area contributed by atoms with Crippen LogP contribution in [-0.2, 0) is 4.79 Å². The van der Waals surface area contributed by atoms with Crippen LogP contribution in [0, 0.1) is 5.92 Å². The molecule has 1 amide bonds.